The van der Waals surface area contributed by atoms with Crippen molar-refractivity contribution in [3.63, 3.8) is 0 Å². The summed E-state index contributed by atoms with van der Waals surface area (Å²) in [5, 5.41) is 1.82. The maximum absolute atomic E-state index is 10.6. The summed E-state index contributed by atoms with van der Waals surface area (Å²) in [7, 11) is 1.50. The highest BCUT2D eigenvalue weighted by molar-refractivity contribution is 7.12. The zero-order chi connectivity index (χ0) is 9.97. The topological polar surface area (TPSA) is 52.3 Å². The third-order valence-corrected chi connectivity index (χ3v) is 2.56. The van der Waals surface area contributed by atoms with E-state index in [1.165, 1.54) is 24.6 Å². The number of aromatic nitrogens is 1. The molecule has 0 saturated carbocycles. The van der Waals surface area contributed by atoms with E-state index in [9.17, 15) is 4.79 Å². The Morgan fingerprint density at radius 2 is 2.50 bits per heavy atom. The minimum absolute atomic E-state index is 0.336. The lowest BCUT2D eigenvalue weighted by Gasteiger charge is -1.91. The summed E-state index contributed by atoms with van der Waals surface area (Å²) in [6.07, 6.45) is 2.26. The highest BCUT2D eigenvalue weighted by Gasteiger charge is 2.11. The molecule has 0 unspecified atom stereocenters. The third kappa shape index (κ3) is 1.42. The van der Waals surface area contributed by atoms with Crippen LogP contribution in [0.1, 0.15) is 9.67 Å². The first-order chi connectivity index (χ1) is 6.85. The van der Waals surface area contributed by atoms with Crippen LogP contribution in [-0.2, 0) is 0 Å². The van der Waals surface area contributed by atoms with E-state index < -0.39 is 0 Å². The number of carbonyl (C=O) groups excluding carboxylic acids is 1. The van der Waals surface area contributed by atoms with Crippen molar-refractivity contribution in [1.82, 2.24) is 4.98 Å². The van der Waals surface area contributed by atoms with Crippen LogP contribution in [0, 0.1) is 0 Å². The molecule has 0 bridgehead atoms. The Kier molecular flexibility index (Phi) is 2.32. The number of oxazole rings is 1. The first kappa shape index (κ1) is 8.96. The van der Waals surface area contributed by atoms with E-state index in [1.807, 2.05) is 5.38 Å². The van der Waals surface area contributed by atoms with Crippen LogP contribution in [0.25, 0.3) is 11.5 Å². The smallest absolute Gasteiger partial charge is 0.305 e. The molecule has 0 amide bonds. The zero-order valence-corrected chi connectivity index (χ0v) is 8.21. The van der Waals surface area contributed by atoms with Crippen LogP contribution >= 0.6 is 11.3 Å². The van der Waals surface area contributed by atoms with Gasteiger partial charge in [0.05, 0.1) is 17.6 Å². The van der Waals surface area contributed by atoms with Gasteiger partial charge < -0.3 is 9.15 Å². The third-order valence-electron chi connectivity index (χ3n) is 1.72. The minimum atomic E-state index is 0.336. The van der Waals surface area contributed by atoms with Gasteiger partial charge in [-0.05, 0) is 11.4 Å². The Hall–Kier alpha value is -1.62. The highest BCUT2D eigenvalue weighted by atomic mass is 32.1. The van der Waals surface area contributed by atoms with Gasteiger partial charge in [-0.25, -0.2) is 4.98 Å². The number of aldehydes is 1. The molecule has 5 heteroatoms. The number of ether oxygens (including phenoxy) is 1. The van der Waals surface area contributed by atoms with Crippen LogP contribution in [0.15, 0.2) is 22.1 Å². The molecule has 0 atom stereocenters. The van der Waals surface area contributed by atoms with Gasteiger partial charge in [0, 0.05) is 0 Å². The summed E-state index contributed by atoms with van der Waals surface area (Å²) in [5.41, 5.74) is 0.702. The molecule has 0 aliphatic rings. The fourth-order valence-corrected chi connectivity index (χ4v) is 1.76. The quantitative estimate of drug-likeness (QED) is 0.727. The molecule has 2 heterocycles. The monoisotopic (exact) mass is 209 g/mol. The number of carbonyl (C=O) groups is 1. The van der Waals surface area contributed by atoms with Gasteiger partial charge >= 0.3 is 5.95 Å². The summed E-state index contributed by atoms with van der Waals surface area (Å²) < 4.78 is 10.1. The molecule has 0 aliphatic heterocycles. The first-order valence-electron chi connectivity index (χ1n) is 3.88. The number of thiophene rings is 1. The summed E-state index contributed by atoms with van der Waals surface area (Å²) in [4.78, 5) is 15.2. The SMILES string of the molecule is COc1cnc(-c2ccsc2C=O)o1. The molecule has 2 aromatic heterocycles. The van der Waals surface area contributed by atoms with E-state index in [0.29, 0.717) is 22.3 Å². The Balaban J connectivity index is 2.43. The fourth-order valence-electron chi connectivity index (χ4n) is 1.07. The van der Waals surface area contributed by atoms with Crippen molar-refractivity contribution in [2.24, 2.45) is 0 Å². The molecule has 4 nitrogen and oxygen atoms in total. The van der Waals surface area contributed by atoms with Gasteiger partial charge in [0.1, 0.15) is 6.20 Å². The second kappa shape index (κ2) is 3.63. The van der Waals surface area contributed by atoms with Crippen molar-refractivity contribution in [3.05, 3.63) is 22.5 Å². The van der Waals surface area contributed by atoms with Gasteiger partial charge in [-0.3, -0.25) is 4.79 Å². The average Bonchev–Trinajstić information content (AvgIpc) is 2.85. The Morgan fingerprint density at radius 1 is 1.64 bits per heavy atom. The largest absolute Gasteiger partial charge is 0.467 e. The number of methoxy groups -OCH3 is 1. The van der Waals surface area contributed by atoms with Crippen LogP contribution in [0.5, 0.6) is 5.95 Å². The van der Waals surface area contributed by atoms with Crippen molar-refractivity contribution < 1.29 is 13.9 Å². The molecule has 0 fully saturated rings. The maximum atomic E-state index is 10.6. The Bertz CT molecular complexity index is 446. The summed E-state index contributed by atoms with van der Waals surface area (Å²) >= 11 is 1.35. The average molecular weight is 209 g/mol. The van der Waals surface area contributed by atoms with Crippen LogP contribution in [-0.4, -0.2) is 18.4 Å². The van der Waals surface area contributed by atoms with E-state index >= 15 is 0 Å². The van der Waals surface area contributed by atoms with Crippen LogP contribution < -0.4 is 4.74 Å². The molecule has 2 aromatic rings. The molecule has 2 rings (SSSR count). The molecule has 72 valence electrons. The van der Waals surface area contributed by atoms with E-state index in [0.717, 1.165) is 6.29 Å². The maximum Gasteiger partial charge on any atom is 0.305 e. The van der Waals surface area contributed by atoms with Crippen LogP contribution in [0.4, 0.5) is 0 Å². The van der Waals surface area contributed by atoms with Crippen molar-refractivity contribution in [2.75, 3.05) is 7.11 Å². The molecular formula is C9H7NO3S. The fraction of sp³-hybridized carbons (Fsp3) is 0.111. The second-order valence-corrected chi connectivity index (χ2v) is 3.45. The number of nitrogens with zero attached hydrogens (tertiary/aromatic N) is 1. The molecular weight excluding hydrogens is 202 g/mol. The van der Waals surface area contributed by atoms with E-state index in [2.05, 4.69) is 4.98 Å². The summed E-state index contributed by atoms with van der Waals surface area (Å²) in [6.45, 7) is 0. The first-order valence-corrected chi connectivity index (χ1v) is 4.76. The molecule has 14 heavy (non-hydrogen) atoms. The molecule has 0 aromatic carbocycles. The number of hydrogen-bond acceptors (Lipinski definition) is 5. The van der Waals surface area contributed by atoms with Crippen LogP contribution in [0.2, 0.25) is 0 Å². The standard InChI is InChI=1S/C9H7NO3S/c1-12-8-4-10-9(13-8)6-2-3-14-7(6)5-11/h2-5H,1H3. The van der Waals surface area contributed by atoms with Crippen molar-refractivity contribution in [3.8, 4) is 17.4 Å². The predicted octanol–water partition coefficient (Wildman–Crippen LogP) is 2.22. The van der Waals surface area contributed by atoms with E-state index in [-0.39, 0.29) is 0 Å². The van der Waals surface area contributed by atoms with Crippen LogP contribution in [0.3, 0.4) is 0 Å². The summed E-state index contributed by atoms with van der Waals surface area (Å²) in [5.74, 6) is 0.744. The lowest BCUT2D eigenvalue weighted by Crippen LogP contribution is -1.79. The van der Waals surface area contributed by atoms with Crippen molar-refractivity contribution in [2.45, 2.75) is 0 Å². The second-order valence-electron chi connectivity index (χ2n) is 2.50. The van der Waals surface area contributed by atoms with Gasteiger partial charge in [0.25, 0.3) is 0 Å². The normalized spacial score (nSPS) is 10.1. The lowest BCUT2D eigenvalue weighted by molar-refractivity contribution is 0.112. The molecule has 0 spiro atoms. The molecule has 0 radical (unpaired) electrons. The summed E-state index contributed by atoms with van der Waals surface area (Å²) in [6, 6.07) is 1.79. The van der Waals surface area contributed by atoms with E-state index in [1.54, 1.807) is 6.07 Å². The zero-order valence-electron chi connectivity index (χ0n) is 7.39. The van der Waals surface area contributed by atoms with Gasteiger partial charge in [-0.15, -0.1) is 11.3 Å². The number of rotatable bonds is 3. The van der Waals surface area contributed by atoms with Gasteiger partial charge in [0.15, 0.2) is 6.29 Å². The predicted molar refractivity (Wildman–Crippen MR) is 51.8 cm³/mol. The molecule has 0 aliphatic carbocycles. The minimum Gasteiger partial charge on any atom is -0.467 e. The molecule has 0 N–H and O–H groups in total. The van der Waals surface area contributed by atoms with Gasteiger partial charge in [0.2, 0.25) is 5.89 Å². The Morgan fingerprint density at radius 3 is 3.14 bits per heavy atom. The van der Waals surface area contributed by atoms with Gasteiger partial charge in [-0.2, -0.15) is 0 Å². The lowest BCUT2D eigenvalue weighted by atomic mass is 10.3. The van der Waals surface area contributed by atoms with Crippen molar-refractivity contribution in [1.29, 1.82) is 0 Å². The van der Waals surface area contributed by atoms with Gasteiger partial charge in [-0.1, -0.05) is 0 Å². The molecule has 0 saturated heterocycles. The van der Waals surface area contributed by atoms with Crippen molar-refractivity contribution >= 4 is 17.6 Å². The van der Waals surface area contributed by atoms with E-state index in [4.69, 9.17) is 9.15 Å². The Labute approximate surface area is 84.1 Å². The number of hydrogen-bond donors (Lipinski definition) is 0. The highest BCUT2D eigenvalue weighted by Crippen LogP contribution is 2.28.